The molecular formula is C40H42BF2N5O7. The molecule has 55 heavy (non-hydrogen) atoms. The number of alkyl carbamates (subject to hydrolysis) is 1. The topological polar surface area (TPSA) is 140 Å². The fourth-order valence-electron chi connectivity index (χ4n) is 7.38. The van der Waals surface area contributed by atoms with Crippen LogP contribution in [0.2, 0.25) is 0 Å². The Morgan fingerprint density at radius 3 is 2.42 bits per heavy atom. The summed E-state index contributed by atoms with van der Waals surface area (Å²) in [4.78, 5) is 56.4. The zero-order valence-electron chi connectivity index (χ0n) is 31.2. The van der Waals surface area contributed by atoms with Crippen LogP contribution in [-0.2, 0) is 25.6 Å². The number of allylic oxidation sites excluding steroid dienone is 3. The zero-order chi connectivity index (χ0) is 39.4. The fourth-order valence-corrected chi connectivity index (χ4v) is 7.38. The zero-order valence-corrected chi connectivity index (χ0v) is 31.2. The number of carbonyl (C=O) groups is 4. The lowest BCUT2D eigenvalue weighted by atomic mass is 9.85. The van der Waals surface area contributed by atoms with E-state index < -0.39 is 43.4 Å². The van der Waals surface area contributed by atoms with Crippen molar-refractivity contribution in [3.8, 4) is 5.75 Å². The Hall–Kier alpha value is -6.25. The third-order valence-electron chi connectivity index (χ3n) is 9.76. The molecule has 0 bridgehead atoms. The first-order valence-electron chi connectivity index (χ1n) is 17.9. The number of nitrogens with zero attached hydrogens (tertiary/aromatic N) is 2. The number of carbonyl (C=O) groups excluding carboxylic acids is 4. The molecule has 2 aliphatic rings. The summed E-state index contributed by atoms with van der Waals surface area (Å²) in [5, 5.41) is 6.93. The maximum absolute atomic E-state index is 15.9. The van der Waals surface area contributed by atoms with Gasteiger partial charge >= 0.3 is 19.0 Å². The van der Waals surface area contributed by atoms with Gasteiger partial charge in [-0.05, 0) is 91.5 Å². The molecule has 6 rings (SSSR count). The summed E-state index contributed by atoms with van der Waals surface area (Å²) in [7, 11) is 1.49. The van der Waals surface area contributed by atoms with Crippen molar-refractivity contribution in [2.75, 3.05) is 20.3 Å². The molecule has 1 atom stereocenters. The van der Waals surface area contributed by atoms with Gasteiger partial charge in [-0.2, -0.15) is 5.48 Å². The Labute approximate surface area is 316 Å². The molecule has 1 aromatic heterocycles. The van der Waals surface area contributed by atoms with E-state index in [2.05, 4.69) is 10.6 Å². The second-order valence-corrected chi connectivity index (χ2v) is 13.6. The van der Waals surface area contributed by atoms with Crippen molar-refractivity contribution in [3.63, 3.8) is 0 Å². The predicted molar refractivity (Wildman–Crippen MR) is 204 cm³/mol. The van der Waals surface area contributed by atoms with Gasteiger partial charge in [-0.25, -0.2) is 9.59 Å². The van der Waals surface area contributed by atoms with E-state index in [1.807, 2.05) is 61.8 Å². The van der Waals surface area contributed by atoms with Crippen molar-refractivity contribution >= 4 is 52.9 Å². The van der Waals surface area contributed by atoms with E-state index in [1.165, 1.54) is 19.2 Å². The van der Waals surface area contributed by atoms with Crippen LogP contribution in [0.5, 0.6) is 5.75 Å². The minimum atomic E-state index is -4.09. The monoisotopic (exact) mass is 753 g/mol. The van der Waals surface area contributed by atoms with Gasteiger partial charge < -0.3 is 42.5 Å². The van der Waals surface area contributed by atoms with E-state index >= 15 is 8.63 Å². The van der Waals surface area contributed by atoms with Crippen molar-refractivity contribution in [2.45, 2.75) is 53.0 Å². The van der Waals surface area contributed by atoms with Crippen molar-refractivity contribution in [3.05, 3.63) is 118 Å². The number of ether oxygens (including phenoxy) is 2. The molecule has 2 aliphatic heterocycles. The molecule has 3 amide bonds. The average Bonchev–Trinajstić information content (AvgIpc) is 3.66. The molecule has 0 aliphatic carbocycles. The lowest BCUT2D eigenvalue weighted by Crippen LogP contribution is -2.51. The quantitative estimate of drug-likeness (QED) is 0.0949. The second-order valence-electron chi connectivity index (χ2n) is 13.6. The van der Waals surface area contributed by atoms with Crippen LogP contribution >= 0.6 is 0 Å². The van der Waals surface area contributed by atoms with Gasteiger partial charge in [0, 0.05) is 36.3 Å². The third kappa shape index (κ3) is 8.00. The van der Waals surface area contributed by atoms with Crippen molar-refractivity contribution < 1.29 is 46.6 Å². The molecule has 15 heteroatoms. The Kier molecular flexibility index (Phi) is 11.2. The van der Waals surface area contributed by atoms with Crippen molar-refractivity contribution in [1.82, 2.24) is 20.6 Å². The molecular weight excluding hydrogens is 711 g/mol. The Morgan fingerprint density at radius 2 is 1.67 bits per heavy atom. The number of fused-ring (bicyclic) bond motifs is 3. The van der Waals surface area contributed by atoms with Crippen LogP contribution < -0.4 is 20.9 Å². The number of aromatic nitrogens is 1. The molecule has 0 saturated carbocycles. The molecule has 0 radical (unpaired) electrons. The number of benzene rings is 3. The molecule has 0 fully saturated rings. The van der Waals surface area contributed by atoms with Crippen LogP contribution in [0.4, 0.5) is 13.4 Å². The van der Waals surface area contributed by atoms with Crippen molar-refractivity contribution in [1.29, 1.82) is 0 Å². The van der Waals surface area contributed by atoms with Gasteiger partial charge in [-0.1, -0.05) is 42.5 Å². The molecule has 12 nitrogen and oxygen atoms in total. The van der Waals surface area contributed by atoms with Gasteiger partial charge in [0.25, 0.3) is 5.91 Å². The van der Waals surface area contributed by atoms with E-state index in [4.69, 9.17) is 14.3 Å². The summed E-state index contributed by atoms with van der Waals surface area (Å²) in [5.74, 6) is -1.77. The molecule has 286 valence electrons. The minimum absolute atomic E-state index is 0.0566. The highest BCUT2D eigenvalue weighted by Gasteiger charge is 2.54. The lowest BCUT2D eigenvalue weighted by molar-refractivity contribution is -0.363. The fraction of sp³-hybridized carbons (Fsp3) is 0.275. The van der Waals surface area contributed by atoms with Crippen LogP contribution in [0.3, 0.4) is 0 Å². The molecule has 0 unspecified atom stereocenters. The standard InChI is InChI=1S/C40H42BF2N5O7/c1-24-20-26(3)47-36(24)33(37-25(2)21-27(4)48(37)41(47,42)43)14-9-19-54-40(52)45-34(22-30-12-8-11-28-10-6-7-13-32(28)30)38(50)44-23-35(49)46-55-39(51)29-15-17-31(53-5)18-16-29/h6-8,10-13,15-18,20-21,34H,9,14,19,22-23H2,1-5H3,(H,44,50)(H,45,52)(H,46,49)/t34-/m1/s1. The third-order valence-corrected chi connectivity index (χ3v) is 9.76. The average molecular weight is 754 g/mol. The van der Waals surface area contributed by atoms with Gasteiger partial charge in [0.05, 0.1) is 25.8 Å². The van der Waals surface area contributed by atoms with Crippen LogP contribution in [0.1, 0.15) is 59.6 Å². The lowest BCUT2D eigenvalue weighted by Gasteiger charge is -2.34. The van der Waals surface area contributed by atoms with E-state index in [0.717, 1.165) is 42.0 Å². The maximum Gasteiger partial charge on any atom is 0.737 e. The highest BCUT2D eigenvalue weighted by molar-refractivity contribution is 6.58. The van der Waals surface area contributed by atoms with Crippen LogP contribution in [0.15, 0.2) is 90.1 Å². The number of hydrogen-bond donors (Lipinski definition) is 3. The van der Waals surface area contributed by atoms with Gasteiger partial charge in [-0.3, -0.25) is 9.59 Å². The first kappa shape index (κ1) is 38.5. The SMILES string of the molecule is COc1ccc(C(=O)ONC(=O)CNC(=O)[C@@H](Cc2cccc3ccccc23)NC(=O)OCCCC2=C3C(C)=CC(C)=[N+]3[B-](F)(F)n3c(C)cc(C)c32)cc1. The van der Waals surface area contributed by atoms with Gasteiger partial charge in [0.1, 0.15) is 17.5 Å². The number of halogens is 2. The summed E-state index contributed by atoms with van der Waals surface area (Å²) < 4.78 is 44.7. The number of hydroxylamine groups is 1. The summed E-state index contributed by atoms with van der Waals surface area (Å²) in [6.07, 6.45) is 1.63. The van der Waals surface area contributed by atoms with E-state index in [1.54, 1.807) is 38.1 Å². The summed E-state index contributed by atoms with van der Waals surface area (Å²) in [6, 6.07) is 19.9. The van der Waals surface area contributed by atoms with Gasteiger partial charge in [-0.15, -0.1) is 0 Å². The highest BCUT2D eigenvalue weighted by Crippen LogP contribution is 2.43. The largest absolute Gasteiger partial charge is 0.737 e. The Morgan fingerprint density at radius 1 is 0.945 bits per heavy atom. The maximum atomic E-state index is 15.9. The number of aryl methyl sites for hydroxylation is 2. The second kappa shape index (κ2) is 16.0. The van der Waals surface area contributed by atoms with E-state index in [0.29, 0.717) is 41.4 Å². The van der Waals surface area contributed by atoms with Gasteiger partial charge in [0.15, 0.2) is 5.70 Å². The number of nitrogens with one attached hydrogen (secondary N) is 3. The normalized spacial score (nSPS) is 14.8. The number of amides is 3. The summed E-state index contributed by atoms with van der Waals surface area (Å²) >= 11 is 0. The number of hydrogen-bond acceptors (Lipinski definition) is 7. The molecule has 3 aromatic carbocycles. The molecule has 4 aromatic rings. The predicted octanol–water partition coefficient (Wildman–Crippen LogP) is 5.77. The van der Waals surface area contributed by atoms with E-state index in [-0.39, 0.29) is 18.6 Å². The first-order valence-corrected chi connectivity index (χ1v) is 17.9. The van der Waals surface area contributed by atoms with Crippen LogP contribution in [0, 0.1) is 13.8 Å². The number of rotatable bonds is 12. The Bertz CT molecular complexity index is 2280. The number of methoxy groups -OCH3 is 1. The molecule has 0 saturated heterocycles. The van der Waals surface area contributed by atoms with Gasteiger partial charge in [0.2, 0.25) is 5.91 Å². The summed E-state index contributed by atoms with van der Waals surface area (Å²) in [6.45, 7) is 2.26. The van der Waals surface area contributed by atoms with Crippen LogP contribution in [-0.4, -0.2) is 71.8 Å². The summed E-state index contributed by atoms with van der Waals surface area (Å²) in [5.41, 5.74) is 7.06. The molecule has 3 heterocycles. The van der Waals surface area contributed by atoms with Crippen LogP contribution in [0.25, 0.3) is 16.3 Å². The Balaban J connectivity index is 1.10. The van der Waals surface area contributed by atoms with Crippen molar-refractivity contribution in [2.24, 2.45) is 0 Å². The first-order chi connectivity index (χ1) is 26.3. The highest BCUT2D eigenvalue weighted by atomic mass is 19.2. The van der Waals surface area contributed by atoms with E-state index in [9.17, 15) is 19.2 Å². The smallest absolute Gasteiger partial charge is 0.497 e. The molecule has 0 spiro atoms. The minimum Gasteiger partial charge on any atom is -0.497 e. The molecule has 3 N–H and O–H groups in total.